The van der Waals surface area contributed by atoms with Gasteiger partial charge in [0.1, 0.15) is 48.3 Å². The molecule has 0 saturated heterocycles. The summed E-state index contributed by atoms with van der Waals surface area (Å²) in [5.41, 5.74) is 38.2. The number of carbonyl (C=O) groups excluding carboxylic acids is 10. The van der Waals surface area contributed by atoms with Crippen molar-refractivity contribution in [1.82, 2.24) is 42.5 Å². The average molecular weight is 1050 g/mol. The Kier molecular flexibility index (Phi) is 32.8. The van der Waals surface area contributed by atoms with Crippen LogP contribution in [-0.2, 0) is 52.7 Å². The van der Waals surface area contributed by atoms with Gasteiger partial charge >= 0.3 is 5.97 Å². The van der Waals surface area contributed by atoms with Crippen LogP contribution in [0.3, 0.4) is 0 Å². The van der Waals surface area contributed by atoms with Crippen molar-refractivity contribution in [3.05, 3.63) is 0 Å². The minimum absolute atomic E-state index is 0.00505. The summed E-state index contributed by atoms with van der Waals surface area (Å²) in [6, 6.07) is -13.1. The van der Waals surface area contributed by atoms with Crippen molar-refractivity contribution < 1.29 is 68.1 Å². The largest absolute Gasteiger partial charge is 0.480 e. The molecule has 0 aromatic carbocycles. The number of nitrogens with two attached hydrogens (primary N) is 7. The van der Waals surface area contributed by atoms with E-state index in [1.54, 1.807) is 13.8 Å². The summed E-state index contributed by atoms with van der Waals surface area (Å²) in [4.78, 5) is 146. The molecule has 0 aromatic heterocycles. The lowest BCUT2D eigenvalue weighted by atomic mass is 10.0. The second-order valence-electron chi connectivity index (χ2n) is 17.6. The molecule has 73 heavy (non-hydrogen) atoms. The number of aliphatic carboxylic acids is 1. The molecular formula is C43H80N16O14. The number of aliphatic imine (C=N–C) groups is 1. The molecular weight excluding hydrogens is 965 g/mol. The van der Waals surface area contributed by atoms with Gasteiger partial charge in [-0.05, 0) is 90.1 Å². The third kappa shape index (κ3) is 28.2. The highest BCUT2D eigenvalue weighted by molar-refractivity contribution is 5.98. The molecule has 0 heterocycles. The molecule has 0 aromatic rings. The maximum absolute atomic E-state index is 13.7. The van der Waals surface area contributed by atoms with Gasteiger partial charge in [0.15, 0.2) is 5.96 Å². The first kappa shape index (κ1) is 66.2. The van der Waals surface area contributed by atoms with Crippen LogP contribution in [0, 0.1) is 5.92 Å². The molecule has 9 atom stereocenters. The topological polar surface area (TPSA) is 539 Å². The zero-order valence-electron chi connectivity index (χ0n) is 41.8. The number of nitrogens with zero attached hydrogens (tertiary/aromatic N) is 1. The smallest absolute Gasteiger partial charge is 0.326 e. The first-order chi connectivity index (χ1) is 34.3. The van der Waals surface area contributed by atoms with Crippen molar-refractivity contribution in [2.75, 3.05) is 32.8 Å². The monoisotopic (exact) mass is 1040 g/mol. The maximum atomic E-state index is 13.7. The number of rotatable bonds is 39. The Morgan fingerprint density at radius 2 is 0.822 bits per heavy atom. The Hall–Kier alpha value is -6.76. The zero-order valence-corrected chi connectivity index (χ0v) is 41.8. The van der Waals surface area contributed by atoms with Gasteiger partial charge in [0.05, 0.1) is 19.3 Å². The summed E-state index contributed by atoms with van der Waals surface area (Å²) >= 11 is 0. The van der Waals surface area contributed by atoms with E-state index in [1.165, 1.54) is 6.92 Å². The van der Waals surface area contributed by atoms with E-state index in [4.69, 9.17) is 40.1 Å². The Labute approximate surface area is 423 Å². The van der Waals surface area contributed by atoms with Crippen LogP contribution in [0.4, 0.5) is 0 Å². The van der Waals surface area contributed by atoms with Gasteiger partial charge in [0.25, 0.3) is 0 Å². The number of primary amides is 2. The first-order valence-electron chi connectivity index (χ1n) is 24.0. The van der Waals surface area contributed by atoms with Gasteiger partial charge in [-0.3, -0.25) is 52.9 Å². The Bertz CT molecular complexity index is 1870. The van der Waals surface area contributed by atoms with Crippen LogP contribution in [0.25, 0.3) is 0 Å². The standard InChI is InChI=1S/C43H80N16O14/c1-22(2)19-29(39(69)55-27(13-15-33(48)63)37(67)56-28(42(72)73)11-8-18-51-43(49)50)57-34(64)23(3)52-36(66)25(10-5-7-17-45)54-40(70)30(20-60)59-41(71)31(21-61)58-38(68)26(12-14-32(47)62)53-35(65)24(46)9-4-6-16-44/h22-31,60-61H,4-21,44-46H2,1-3H3,(H2,47,62)(H2,48,63)(H,52,66)(H,53,65)(H,54,70)(H,55,69)(H,56,67)(H,57,64)(H,58,68)(H,59,71)(H,72,73)(H4,49,50,51)/t23-,24-,25-,26-,27-,28-,29-,30-,31-/m0/s1. The molecule has 25 N–H and O–H groups in total. The van der Waals surface area contributed by atoms with E-state index in [-0.39, 0.29) is 82.8 Å². The molecule has 0 bridgehead atoms. The highest BCUT2D eigenvalue weighted by atomic mass is 16.4. The summed E-state index contributed by atoms with van der Waals surface area (Å²) in [7, 11) is 0. The van der Waals surface area contributed by atoms with Crippen LogP contribution in [0.15, 0.2) is 4.99 Å². The van der Waals surface area contributed by atoms with E-state index in [2.05, 4.69) is 47.5 Å². The summed E-state index contributed by atoms with van der Waals surface area (Å²) in [6.45, 7) is 3.24. The molecule has 10 amide bonds. The lowest BCUT2D eigenvalue weighted by Gasteiger charge is -2.27. The second kappa shape index (κ2) is 36.2. The molecule has 416 valence electrons. The number of carboxylic acids is 1. The molecule has 0 aliphatic rings. The van der Waals surface area contributed by atoms with E-state index >= 15 is 0 Å². The molecule has 0 fully saturated rings. The van der Waals surface area contributed by atoms with Gasteiger partial charge in [0, 0.05) is 19.4 Å². The van der Waals surface area contributed by atoms with Gasteiger partial charge in [-0.25, -0.2) is 4.79 Å². The summed E-state index contributed by atoms with van der Waals surface area (Å²) in [5.74, 6) is -11.3. The number of amides is 10. The molecule has 0 aliphatic heterocycles. The first-order valence-corrected chi connectivity index (χ1v) is 24.0. The van der Waals surface area contributed by atoms with Gasteiger partial charge < -0.3 is 98.0 Å². The highest BCUT2D eigenvalue weighted by Crippen LogP contribution is 2.10. The summed E-state index contributed by atoms with van der Waals surface area (Å²) in [6.07, 6.45) is 0.544. The number of aliphatic hydroxyl groups is 2. The fourth-order valence-corrected chi connectivity index (χ4v) is 6.68. The van der Waals surface area contributed by atoms with E-state index in [0.717, 1.165) is 0 Å². The number of aliphatic hydroxyl groups excluding tert-OH is 2. The molecule has 0 spiro atoms. The maximum Gasteiger partial charge on any atom is 0.326 e. The molecule has 0 saturated carbocycles. The predicted octanol–water partition coefficient (Wildman–Crippen LogP) is -7.83. The number of unbranched alkanes of at least 4 members (excludes halogenated alkanes) is 2. The van der Waals surface area contributed by atoms with E-state index in [9.17, 15) is 68.1 Å². The second-order valence-corrected chi connectivity index (χ2v) is 17.6. The highest BCUT2D eigenvalue weighted by Gasteiger charge is 2.34. The van der Waals surface area contributed by atoms with E-state index in [1.807, 2.05) is 0 Å². The van der Waals surface area contributed by atoms with Crippen molar-refractivity contribution in [1.29, 1.82) is 0 Å². The lowest BCUT2D eigenvalue weighted by Crippen LogP contribution is -2.61. The molecule has 0 radical (unpaired) electrons. The van der Waals surface area contributed by atoms with Crippen LogP contribution in [0.5, 0.6) is 0 Å². The van der Waals surface area contributed by atoms with Crippen LogP contribution < -0.4 is 82.7 Å². The van der Waals surface area contributed by atoms with Gasteiger partial charge in [-0.2, -0.15) is 0 Å². The van der Waals surface area contributed by atoms with Crippen molar-refractivity contribution in [3.63, 3.8) is 0 Å². The van der Waals surface area contributed by atoms with Crippen LogP contribution in [-0.4, -0.2) is 174 Å². The predicted molar refractivity (Wildman–Crippen MR) is 263 cm³/mol. The SMILES string of the molecule is CC(C)C[C@H](NC(=O)[C@H](C)NC(=O)[C@H](CCCCN)NC(=O)[C@H](CO)NC(=O)[C@H](CO)NC(=O)[C@H](CCC(N)=O)NC(=O)[C@@H](N)CCCCN)C(=O)N[C@@H](CCC(N)=O)C(=O)N[C@@H](CCCN=C(N)N)C(=O)O. The third-order valence-corrected chi connectivity index (χ3v) is 10.8. The van der Waals surface area contributed by atoms with Gasteiger partial charge in [0.2, 0.25) is 59.1 Å². The minimum atomic E-state index is -1.78. The Morgan fingerprint density at radius 1 is 0.452 bits per heavy atom. The van der Waals surface area contributed by atoms with Crippen LogP contribution in [0.1, 0.15) is 104 Å². The average Bonchev–Trinajstić information content (AvgIpc) is 3.31. The lowest BCUT2D eigenvalue weighted by molar-refractivity contribution is -0.142. The fourth-order valence-electron chi connectivity index (χ4n) is 6.68. The number of guanidine groups is 1. The fraction of sp³-hybridized carbons (Fsp3) is 0.721. The zero-order chi connectivity index (χ0) is 55.8. The number of carboxylic acid groups (broad SMARTS) is 1. The van der Waals surface area contributed by atoms with Crippen molar-refractivity contribution >= 4 is 71.0 Å². The van der Waals surface area contributed by atoms with Gasteiger partial charge in [-0.1, -0.05) is 20.3 Å². The van der Waals surface area contributed by atoms with Crippen LogP contribution in [0.2, 0.25) is 0 Å². The number of carbonyl (C=O) groups is 11. The van der Waals surface area contributed by atoms with Crippen molar-refractivity contribution in [3.8, 4) is 0 Å². The van der Waals surface area contributed by atoms with Crippen LogP contribution >= 0.6 is 0 Å². The molecule has 0 rings (SSSR count). The number of hydrogen-bond acceptors (Lipinski definition) is 17. The molecule has 30 nitrogen and oxygen atoms in total. The quantitative estimate of drug-likeness (QED) is 0.0154. The van der Waals surface area contributed by atoms with Crippen molar-refractivity contribution in [2.24, 2.45) is 51.0 Å². The van der Waals surface area contributed by atoms with E-state index in [0.29, 0.717) is 25.8 Å². The van der Waals surface area contributed by atoms with Crippen molar-refractivity contribution in [2.45, 2.75) is 159 Å². The van der Waals surface area contributed by atoms with Gasteiger partial charge in [-0.15, -0.1) is 0 Å². The molecule has 0 unspecified atom stereocenters. The molecule has 30 heteroatoms. The number of hydrogen-bond donors (Lipinski definition) is 18. The summed E-state index contributed by atoms with van der Waals surface area (Å²) in [5, 5.41) is 48.8. The Morgan fingerprint density at radius 3 is 1.25 bits per heavy atom. The molecule has 0 aliphatic carbocycles. The third-order valence-electron chi connectivity index (χ3n) is 10.8. The minimum Gasteiger partial charge on any atom is -0.480 e. The van der Waals surface area contributed by atoms with E-state index < -0.39 is 139 Å². The number of nitrogens with one attached hydrogen (secondary N) is 8. The Balaban J connectivity index is 6.15. The summed E-state index contributed by atoms with van der Waals surface area (Å²) < 4.78 is 0. The normalized spacial score (nSPS) is 14.7.